The van der Waals surface area contributed by atoms with E-state index in [0.717, 1.165) is 56.9 Å². The van der Waals surface area contributed by atoms with Gasteiger partial charge in [-0.25, -0.2) is 4.79 Å². The van der Waals surface area contributed by atoms with Gasteiger partial charge in [-0.15, -0.1) is 0 Å². The standard InChI is InChI=1S/C35H54O14/c1-33-8-5-18(46-31-29(43)27(41)30(23(14-37)48-31)49-32-28(42)26(40)25(39)22(13-36)47-32)12-17(33)3-4-21-20(33)6-9-34(2)19(7-10-35(21,34)44)16-11-24(38)45-15-16/h11,17-23,25-32,36-37,39-44H,3-10,12-15H2,1-2H3/t17-,18-,19+,20-,21+,22+,23+,25+,26-,27+,28+,29+,30+,31+,32-,33-,34+,35-/m0/s1. The molecule has 3 heterocycles. The second-order valence-electron chi connectivity index (χ2n) is 16.3. The molecule has 7 rings (SSSR count). The molecule has 4 saturated carbocycles. The largest absolute Gasteiger partial charge is 0.458 e. The van der Waals surface area contributed by atoms with Gasteiger partial charge in [0.05, 0.1) is 24.9 Å². The summed E-state index contributed by atoms with van der Waals surface area (Å²) in [5.41, 5.74) is -0.0991. The van der Waals surface area contributed by atoms with Gasteiger partial charge in [0.15, 0.2) is 12.6 Å². The second kappa shape index (κ2) is 13.3. The van der Waals surface area contributed by atoms with Crippen LogP contribution in [0.1, 0.15) is 71.6 Å². The van der Waals surface area contributed by atoms with E-state index in [1.165, 1.54) is 0 Å². The van der Waals surface area contributed by atoms with E-state index in [1.54, 1.807) is 6.08 Å². The van der Waals surface area contributed by atoms with Crippen molar-refractivity contribution in [3.63, 3.8) is 0 Å². The minimum absolute atomic E-state index is 0.00679. The first kappa shape index (κ1) is 36.1. The lowest BCUT2D eigenvalue weighted by Crippen LogP contribution is -2.65. The predicted molar refractivity (Wildman–Crippen MR) is 167 cm³/mol. The number of aliphatic hydroxyl groups excluding tert-OH is 7. The van der Waals surface area contributed by atoms with Crippen molar-refractivity contribution in [2.24, 2.45) is 34.5 Å². The van der Waals surface area contributed by atoms with Crippen molar-refractivity contribution in [2.45, 2.75) is 145 Å². The quantitative estimate of drug-likeness (QED) is 0.121. The Morgan fingerprint density at radius 3 is 2.16 bits per heavy atom. The Morgan fingerprint density at radius 1 is 0.776 bits per heavy atom. The van der Waals surface area contributed by atoms with Crippen molar-refractivity contribution in [1.29, 1.82) is 0 Å². The topological polar surface area (TPSA) is 225 Å². The first-order valence-electron chi connectivity index (χ1n) is 18.1. The maximum absolute atomic E-state index is 12.5. The van der Waals surface area contributed by atoms with Crippen molar-refractivity contribution in [1.82, 2.24) is 0 Å². The number of carbonyl (C=O) groups excluding carboxylic acids is 1. The fourth-order valence-electron chi connectivity index (χ4n) is 11.4. The van der Waals surface area contributed by atoms with Gasteiger partial charge >= 0.3 is 5.97 Å². The zero-order chi connectivity index (χ0) is 35.0. The Bertz CT molecular complexity index is 1260. The zero-order valence-corrected chi connectivity index (χ0v) is 28.3. The summed E-state index contributed by atoms with van der Waals surface area (Å²) < 4.78 is 28.6. The van der Waals surface area contributed by atoms with Gasteiger partial charge in [0, 0.05) is 11.5 Å². The SMILES string of the molecule is C[C@]12CC[C@H](O[C@@H]3O[C@H](CO)[C@@H](O[C@@H]4O[C@H](CO)[C@@H](O)[C@H](O)[C@H]4O)[C@H](O)[C@H]3O)C[C@@H]1CC[C@@H]1[C@@H]2CC[C@]2(C)[C@@H](C3=CC(=O)OC3)CC[C@]12O. The number of cyclic esters (lactones) is 1. The molecule has 8 N–H and O–H groups in total. The van der Waals surface area contributed by atoms with Crippen LogP contribution in [-0.4, -0.2) is 140 Å². The molecule has 0 aromatic heterocycles. The number of carbonyl (C=O) groups is 1. The van der Waals surface area contributed by atoms with E-state index in [1.807, 2.05) is 0 Å². The molecule has 6 fully saturated rings. The summed E-state index contributed by atoms with van der Waals surface area (Å²) in [6.45, 7) is 3.60. The van der Waals surface area contributed by atoms with Crippen LogP contribution in [0.15, 0.2) is 11.6 Å². The highest BCUT2D eigenvalue weighted by Gasteiger charge is 2.68. The minimum atomic E-state index is -1.74. The highest BCUT2D eigenvalue weighted by Crippen LogP contribution is 2.70. The van der Waals surface area contributed by atoms with Crippen LogP contribution in [0.3, 0.4) is 0 Å². The van der Waals surface area contributed by atoms with E-state index in [0.29, 0.717) is 24.9 Å². The van der Waals surface area contributed by atoms with Crippen molar-refractivity contribution in [2.75, 3.05) is 19.8 Å². The summed E-state index contributed by atoms with van der Waals surface area (Å²) in [6.07, 6.45) is -5.96. The third-order valence-electron chi connectivity index (χ3n) is 14.2. The molecule has 18 atom stereocenters. The molecule has 49 heavy (non-hydrogen) atoms. The van der Waals surface area contributed by atoms with Gasteiger partial charge < -0.3 is 64.5 Å². The Balaban J connectivity index is 0.990. The average Bonchev–Trinajstić information content (AvgIpc) is 3.63. The van der Waals surface area contributed by atoms with Crippen LogP contribution in [0.2, 0.25) is 0 Å². The normalized spacial score (nSPS) is 54.4. The molecule has 2 saturated heterocycles. The second-order valence-corrected chi connectivity index (χ2v) is 16.3. The Morgan fingerprint density at radius 2 is 1.47 bits per heavy atom. The molecule has 0 amide bonds. The Hall–Kier alpha value is -1.27. The van der Waals surface area contributed by atoms with Crippen molar-refractivity contribution in [3.8, 4) is 0 Å². The molecule has 14 nitrogen and oxygen atoms in total. The molecule has 0 spiro atoms. The number of fused-ring (bicyclic) bond motifs is 5. The van der Waals surface area contributed by atoms with E-state index in [9.17, 15) is 45.6 Å². The molecule has 14 heteroatoms. The van der Waals surface area contributed by atoms with Gasteiger partial charge in [-0.2, -0.15) is 0 Å². The smallest absolute Gasteiger partial charge is 0.331 e. The summed E-state index contributed by atoms with van der Waals surface area (Å²) in [6, 6.07) is 0. The molecule has 0 aromatic carbocycles. The van der Waals surface area contributed by atoms with Crippen molar-refractivity contribution in [3.05, 3.63) is 11.6 Å². The van der Waals surface area contributed by atoms with Gasteiger partial charge in [-0.1, -0.05) is 13.8 Å². The van der Waals surface area contributed by atoms with Gasteiger partial charge in [-0.05, 0) is 92.4 Å². The Kier molecular flexibility index (Phi) is 9.80. The molecule has 0 radical (unpaired) electrons. The number of rotatable bonds is 7. The van der Waals surface area contributed by atoms with Gasteiger partial charge in [-0.3, -0.25) is 0 Å². The first-order valence-corrected chi connectivity index (χ1v) is 18.1. The first-order chi connectivity index (χ1) is 23.3. The fraction of sp³-hybridized carbons (Fsp3) is 0.914. The van der Waals surface area contributed by atoms with E-state index < -0.39 is 80.2 Å². The minimum Gasteiger partial charge on any atom is -0.458 e. The maximum atomic E-state index is 12.5. The molecular formula is C35H54O14. The molecular weight excluding hydrogens is 644 g/mol. The molecule has 0 aromatic rings. The maximum Gasteiger partial charge on any atom is 0.331 e. The summed E-state index contributed by atoms with van der Waals surface area (Å²) in [5.74, 6) is 0.683. The van der Waals surface area contributed by atoms with Crippen molar-refractivity contribution >= 4 is 5.97 Å². The van der Waals surface area contributed by atoms with E-state index in [2.05, 4.69) is 13.8 Å². The fourth-order valence-corrected chi connectivity index (χ4v) is 11.4. The van der Waals surface area contributed by atoms with Crippen LogP contribution in [0.25, 0.3) is 0 Å². The summed E-state index contributed by atoms with van der Waals surface area (Å²) in [4.78, 5) is 11.9. The number of hydrogen-bond acceptors (Lipinski definition) is 14. The lowest BCUT2D eigenvalue weighted by atomic mass is 9.43. The number of hydrogen-bond donors (Lipinski definition) is 8. The number of esters is 1. The third kappa shape index (κ3) is 5.73. The zero-order valence-electron chi connectivity index (χ0n) is 28.3. The lowest BCUT2D eigenvalue weighted by Gasteiger charge is -2.64. The summed E-state index contributed by atoms with van der Waals surface area (Å²) in [5, 5.41) is 84.9. The summed E-state index contributed by atoms with van der Waals surface area (Å²) >= 11 is 0. The monoisotopic (exact) mass is 698 g/mol. The third-order valence-corrected chi connectivity index (χ3v) is 14.2. The molecule has 278 valence electrons. The van der Waals surface area contributed by atoms with Crippen LogP contribution in [0.4, 0.5) is 0 Å². The van der Waals surface area contributed by atoms with Crippen LogP contribution in [-0.2, 0) is 28.5 Å². The van der Waals surface area contributed by atoms with Gasteiger partial charge in [0.2, 0.25) is 0 Å². The highest BCUT2D eigenvalue weighted by molar-refractivity contribution is 5.85. The lowest BCUT2D eigenvalue weighted by molar-refractivity contribution is -0.364. The van der Waals surface area contributed by atoms with Crippen LogP contribution in [0.5, 0.6) is 0 Å². The highest BCUT2D eigenvalue weighted by atomic mass is 16.7. The van der Waals surface area contributed by atoms with Gasteiger partial charge in [0.1, 0.15) is 55.4 Å². The van der Waals surface area contributed by atoms with Crippen molar-refractivity contribution < 1.29 is 69.3 Å². The summed E-state index contributed by atoms with van der Waals surface area (Å²) in [7, 11) is 0. The molecule has 3 aliphatic heterocycles. The van der Waals surface area contributed by atoms with E-state index in [-0.39, 0.29) is 34.7 Å². The van der Waals surface area contributed by atoms with E-state index >= 15 is 0 Å². The number of ether oxygens (including phenoxy) is 5. The van der Waals surface area contributed by atoms with Crippen LogP contribution >= 0.6 is 0 Å². The van der Waals surface area contributed by atoms with Crippen LogP contribution < -0.4 is 0 Å². The molecule has 7 aliphatic rings. The van der Waals surface area contributed by atoms with Gasteiger partial charge in [0.25, 0.3) is 0 Å². The number of aliphatic hydroxyl groups is 8. The predicted octanol–water partition coefficient (Wildman–Crippen LogP) is -0.747. The molecule has 0 bridgehead atoms. The average molecular weight is 699 g/mol. The molecule has 0 unspecified atom stereocenters. The Labute approximate surface area is 285 Å². The van der Waals surface area contributed by atoms with Crippen LogP contribution in [0, 0.1) is 34.5 Å². The molecule has 4 aliphatic carbocycles. The van der Waals surface area contributed by atoms with E-state index in [4.69, 9.17) is 23.7 Å².